The van der Waals surface area contributed by atoms with Gasteiger partial charge in [-0.1, -0.05) is 0 Å². The second-order valence-corrected chi connectivity index (χ2v) is 9.69. The van der Waals surface area contributed by atoms with Gasteiger partial charge >= 0.3 is 0 Å². The molecule has 4 rings (SSSR count). The van der Waals surface area contributed by atoms with E-state index in [2.05, 4.69) is 20.2 Å². The van der Waals surface area contributed by atoms with Gasteiger partial charge in [-0.05, 0) is 67.4 Å². The Hall–Kier alpha value is -3.46. The monoisotopic (exact) mass is 452 g/mol. The zero-order valence-electron chi connectivity index (χ0n) is 17.6. The summed E-state index contributed by atoms with van der Waals surface area (Å²) in [5, 5.41) is 2.97. The molecule has 0 saturated carbocycles. The van der Waals surface area contributed by atoms with Crippen LogP contribution >= 0.6 is 0 Å². The van der Waals surface area contributed by atoms with Gasteiger partial charge in [0.15, 0.2) is 9.84 Å². The summed E-state index contributed by atoms with van der Waals surface area (Å²) in [6, 6.07) is 15.1. The van der Waals surface area contributed by atoms with Gasteiger partial charge in [0, 0.05) is 43.3 Å². The van der Waals surface area contributed by atoms with E-state index < -0.39 is 9.84 Å². The maximum atomic E-state index is 12.7. The van der Waals surface area contributed by atoms with Crippen LogP contribution in [0.1, 0.15) is 12.8 Å². The number of anilines is 2. The van der Waals surface area contributed by atoms with E-state index in [9.17, 15) is 13.2 Å². The van der Waals surface area contributed by atoms with Gasteiger partial charge in [0.05, 0.1) is 4.90 Å². The van der Waals surface area contributed by atoms with Crippen LogP contribution in [0.2, 0.25) is 0 Å². The van der Waals surface area contributed by atoms with E-state index in [0.29, 0.717) is 23.1 Å². The molecule has 1 aromatic heterocycles. The zero-order valence-corrected chi connectivity index (χ0v) is 18.5. The Morgan fingerprint density at radius 3 is 2.09 bits per heavy atom. The second-order valence-electron chi connectivity index (χ2n) is 7.67. The minimum absolute atomic E-state index is 0.00339. The van der Waals surface area contributed by atoms with Crippen molar-refractivity contribution in [3.8, 4) is 11.5 Å². The van der Waals surface area contributed by atoms with Gasteiger partial charge in [-0.3, -0.25) is 4.79 Å². The highest BCUT2D eigenvalue weighted by Crippen LogP contribution is 2.26. The summed E-state index contributed by atoms with van der Waals surface area (Å²) >= 11 is 0. The highest BCUT2D eigenvalue weighted by atomic mass is 32.2. The van der Waals surface area contributed by atoms with Gasteiger partial charge in [0.25, 0.3) is 0 Å². The van der Waals surface area contributed by atoms with Gasteiger partial charge < -0.3 is 15.0 Å². The van der Waals surface area contributed by atoms with Crippen molar-refractivity contribution in [3.63, 3.8) is 0 Å². The first-order valence-electron chi connectivity index (χ1n) is 10.3. The van der Waals surface area contributed by atoms with E-state index in [4.69, 9.17) is 4.74 Å². The average molecular weight is 453 g/mol. The van der Waals surface area contributed by atoms with Gasteiger partial charge in [0.2, 0.25) is 11.9 Å². The number of benzene rings is 2. The van der Waals surface area contributed by atoms with Crippen molar-refractivity contribution in [3.05, 3.63) is 67.0 Å². The Morgan fingerprint density at radius 1 is 0.969 bits per heavy atom. The summed E-state index contributed by atoms with van der Waals surface area (Å²) in [6.07, 6.45) is 6.10. The van der Waals surface area contributed by atoms with Crippen molar-refractivity contribution >= 4 is 27.4 Å². The molecule has 32 heavy (non-hydrogen) atoms. The largest absolute Gasteiger partial charge is 0.457 e. The molecule has 0 atom stereocenters. The standard InChI is InChI=1S/C23H24N4O4S/c1-32(29,30)21-9-7-20(8-10-21)31-19-5-3-18(4-6-19)26-22(28)17-11-15-27(16-12-17)23-24-13-2-14-25-23/h2-10,13-14,17H,11-12,15-16H2,1H3,(H,26,28). The van der Waals surface area contributed by atoms with Gasteiger partial charge in [0.1, 0.15) is 11.5 Å². The summed E-state index contributed by atoms with van der Waals surface area (Å²) in [5.41, 5.74) is 0.698. The Morgan fingerprint density at radius 2 is 1.53 bits per heavy atom. The summed E-state index contributed by atoms with van der Waals surface area (Å²) in [6.45, 7) is 1.49. The van der Waals surface area contributed by atoms with Crippen LogP contribution in [0.3, 0.4) is 0 Å². The maximum absolute atomic E-state index is 12.7. The number of rotatable bonds is 6. The number of ether oxygens (including phenoxy) is 1. The number of hydrogen-bond acceptors (Lipinski definition) is 7. The molecule has 0 aliphatic carbocycles. The maximum Gasteiger partial charge on any atom is 0.227 e. The van der Waals surface area contributed by atoms with Crippen molar-refractivity contribution in [2.45, 2.75) is 17.7 Å². The third-order valence-electron chi connectivity index (χ3n) is 5.31. The highest BCUT2D eigenvalue weighted by Gasteiger charge is 2.26. The first-order valence-corrected chi connectivity index (χ1v) is 12.2. The topological polar surface area (TPSA) is 101 Å². The third-order valence-corrected chi connectivity index (χ3v) is 6.44. The summed E-state index contributed by atoms with van der Waals surface area (Å²) in [7, 11) is -3.24. The Balaban J connectivity index is 1.29. The van der Waals surface area contributed by atoms with E-state index in [-0.39, 0.29) is 16.7 Å². The van der Waals surface area contributed by atoms with Crippen LogP contribution in [0.25, 0.3) is 0 Å². The molecule has 2 heterocycles. The van der Waals surface area contributed by atoms with Crippen LogP contribution in [0, 0.1) is 5.92 Å². The number of carbonyl (C=O) groups is 1. The average Bonchev–Trinajstić information content (AvgIpc) is 2.81. The number of nitrogens with zero attached hydrogens (tertiary/aromatic N) is 3. The van der Waals surface area contributed by atoms with Crippen molar-refractivity contribution in [1.82, 2.24) is 9.97 Å². The van der Waals surface area contributed by atoms with Crippen molar-refractivity contribution in [2.24, 2.45) is 5.92 Å². The molecule has 1 N–H and O–H groups in total. The van der Waals surface area contributed by atoms with Gasteiger partial charge in [-0.2, -0.15) is 0 Å². The molecule has 0 bridgehead atoms. The Kier molecular flexibility index (Phi) is 6.36. The molecule has 1 aliphatic rings. The third kappa shape index (κ3) is 5.42. The fourth-order valence-corrected chi connectivity index (χ4v) is 4.17. The van der Waals surface area contributed by atoms with E-state index in [1.807, 2.05) is 0 Å². The van der Waals surface area contributed by atoms with Crippen molar-refractivity contribution in [2.75, 3.05) is 29.6 Å². The smallest absolute Gasteiger partial charge is 0.227 e. The molecule has 1 amide bonds. The van der Waals surface area contributed by atoms with E-state index in [1.165, 1.54) is 12.1 Å². The molecular formula is C23H24N4O4S. The van der Waals surface area contributed by atoms with Crippen LogP contribution in [-0.4, -0.2) is 43.6 Å². The number of carbonyl (C=O) groups excluding carboxylic acids is 1. The number of sulfone groups is 1. The lowest BCUT2D eigenvalue weighted by molar-refractivity contribution is -0.120. The molecule has 0 unspecified atom stereocenters. The second kappa shape index (κ2) is 9.35. The molecule has 1 saturated heterocycles. The van der Waals surface area contributed by atoms with Crippen molar-refractivity contribution in [1.29, 1.82) is 0 Å². The normalized spacial score (nSPS) is 14.7. The first kappa shape index (κ1) is 21.8. The fourth-order valence-electron chi connectivity index (χ4n) is 3.54. The molecule has 0 spiro atoms. The lowest BCUT2D eigenvalue weighted by Gasteiger charge is -2.31. The number of piperidine rings is 1. The minimum Gasteiger partial charge on any atom is -0.457 e. The molecular weight excluding hydrogens is 428 g/mol. The predicted molar refractivity (Wildman–Crippen MR) is 122 cm³/mol. The molecule has 3 aromatic rings. The highest BCUT2D eigenvalue weighted by molar-refractivity contribution is 7.90. The molecule has 8 nitrogen and oxygen atoms in total. The molecule has 2 aromatic carbocycles. The van der Waals surface area contributed by atoms with Crippen LogP contribution in [0.5, 0.6) is 11.5 Å². The molecule has 166 valence electrons. The first-order chi connectivity index (χ1) is 15.4. The fraction of sp³-hybridized carbons (Fsp3) is 0.261. The SMILES string of the molecule is CS(=O)(=O)c1ccc(Oc2ccc(NC(=O)C3CCN(c4ncccn4)CC3)cc2)cc1. The summed E-state index contributed by atoms with van der Waals surface area (Å²) in [4.78, 5) is 23.5. The van der Waals surface area contributed by atoms with Crippen LogP contribution < -0.4 is 15.0 Å². The molecule has 9 heteroatoms. The number of aromatic nitrogens is 2. The van der Waals surface area contributed by atoms with E-state index in [0.717, 1.165) is 32.2 Å². The Bertz CT molecular complexity index is 1160. The predicted octanol–water partition coefficient (Wildman–Crippen LogP) is 3.53. The van der Waals surface area contributed by atoms with E-state index >= 15 is 0 Å². The minimum atomic E-state index is -3.24. The molecule has 1 aliphatic heterocycles. The molecule has 1 fully saturated rings. The number of amides is 1. The van der Waals surface area contributed by atoms with E-state index in [1.54, 1.807) is 54.9 Å². The number of hydrogen-bond donors (Lipinski definition) is 1. The van der Waals surface area contributed by atoms with Crippen LogP contribution in [-0.2, 0) is 14.6 Å². The summed E-state index contributed by atoms with van der Waals surface area (Å²) < 4.78 is 28.8. The zero-order chi connectivity index (χ0) is 22.6. The lowest BCUT2D eigenvalue weighted by atomic mass is 9.96. The number of nitrogens with one attached hydrogen (secondary N) is 1. The van der Waals surface area contributed by atoms with Gasteiger partial charge in [-0.15, -0.1) is 0 Å². The van der Waals surface area contributed by atoms with Gasteiger partial charge in [-0.25, -0.2) is 18.4 Å². The molecule has 0 radical (unpaired) electrons. The lowest BCUT2D eigenvalue weighted by Crippen LogP contribution is -2.38. The van der Waals surface area contributed by atoms with Crippen molar-refractivity contribution < 1.29 is 17.9 Å². The van der Waals surface area contributed by atoms with Crippen LogP contribution in [0.4, 0.5) is 11.6 Å². The van der Waals surface area contributed by atoms with Crippen LogP contribution in [0.15, 0.2) is 71.9 Å². The quantitative estimate of drug-likeness (QED) is 0.610. The summed E-state index contributed by atoms with van der Waals surface area (Å²) in [5.74, 6) is 1.77. The Labute approximate surface area is 187 Å².